The Balaban J connectivity index is 0.000000396. The SMILES string of the molecule is CC.Cc1cc(Cl)nc2cc[nH]c12. The molecule has 0 atom stereocenters. The van der Waals surface area contributed by atoms with Crippen molar-refractivity contribution in [3.05, 3.63) is 29.0 Å². The van der Waals surface area contributed by atoms with Crippen LogP contribution in [-0.4, -0.2) is 9.97 Å². The van der Waals surface area contributed by atoms with Crippen LogP contribution in [0, 0.1) is 6.92 Å². The van der Waals surface area contributed by atoms with Gasteiger partial charge in [0.2, 0.25) is 0 Å². The summed E-state index contributed by atoms with van der Waals surface area (Å²) in [6, 6.07) is 3.76. The Labute approximate surface area is 82.9 Å². The topological polar surface area (TPSA) is 28.7 Å². The fraction of sp³-hybridized carbons (Fsp3) is 0.300. The molecule has 0 aliphatic rings. The molecule has 2 rings (SSSR count). The van der Waals surface area contributed by atoms with Gasteiger partial charge in [-0.1, -0.05) is 25.4 Å². The van der Waals surface area contributed by atoms with Crippen LogP contribution < -0.4 is 0 Å². The monoisotopic (exact) mass is 196 g/mol. The highest BCUT2D eigenvalue weighted by molar-refractivity contribution is 6.29. The van der Waals surface area contributed by atoms with Crippen LogP contribution in [-0.2, 0) is 0 Å². The summed E-state index contributed by atoms with van der Waals surface area (Å²) in [5, 5.41) is 0.551. The van der Waals surface area contributed by atoms with Gasteiger partial charge >= 0.3 is 0 Å². The van der Waals surface area contributed by atoms with Gasteiger partial charge in [-0.3, -0.25) is 0 Å². The van der Waals surface area contributed by atoms with Gasteiger partial charge in [0.1, 0.15) is 5.15 Å². The first-order valence-electron chi connectivity index (χ1n) is 4.37. The molecule has 0 spiro atoms. The largest absolute Gasteiger partial charge is 0.360 e. The molecule has 2 nitrogen and oxygen atoms in total. The highest BCUT2D eigenvalue weighted by Gasteiger charge is 2.00. The zero-order valence-corrected chi connectivity index (χ0v) is 8.81. The van der Waals surface area contributed by atoms with Crippen LogP contribution in [0.3, 0.4) is 0 Å². The number of H-pyrrole nitrogens is 1. The second kappa shape index (κ2) is 4.28. The number of pyridine rings is 1. The third-order valence-electron chi connectivity index (χ3n) is 1.68. The number of aromatic amines is 1. The van der Waals surface area contributed by atoms with E-state index in [2.05, 4.69) is 9.97 Å². The van der Waals surface area contributed by atoms with Crippen LogP contribution in [0.25, 0.3) is 11.0 Å². The van der Waals surface area contributed by atoms with Crippen LogP contribution >= 0.6 is 11.6 Å². The van der Waals surface area contributed by atoms with E-state index in [4.69, 9.17) is 11.6 Å². The summed E-state index contributed by atoms with van der Waals surface area (Å²) < 4.78 is 0. The number of nitrogens with zero attached hydrogens (tertiary/aromatic N) is 1. The second-order valence-electron chi connectivity index (χ2n) is 2.50. The van der Waals surface area contributed by atoms with Crippen LogP contribution in [0.1, 0.15) is 19.4 Å². The van der Waals surface area contributed by atoms with Gasteiger partial charge < -0.3 is 4.98 Å². The maximum atomic E-state index is 5.76. The number of aryl methyl sites for hydroxylation is 1. The van der Waals surface area contributed by atoms with Crippen molar-refractivity contribution in [2.24, 2.45) is 0 Å². The molecular weight excluding hydrogens is 184 g/mol. The Kier molecular flexibility index (Phi) is 3.32. The third-order valence-corrected chi connectivity index (χ3v) is 1.88. The van der Waals surface area contributed by atoms with Crippen molar-refractivity contribution >= 4 is 22.6 Å². The van der Waals surface area contributed by atoms with Crippen LogP contribution in [0.15, 0.2) is 18.3 Å². The number of nitrogens with one attached hydrogen (secondary N) is 1. The zero-order chi connectivity index (χ0) is 9.84. The highest BCUT2D eigenvalue weighted by Crippen LogP contribution is 2.17. The third kappa shape index (κ3) is 2.01. The average Bonchev–Trinajstić information content (AvgIpc) is 2.55. The van der Waals surface area contributed by atoms with Gasteiger partial charge in [0, 0.05) is 6.20 Å². The summed E-state index contributed by atoms with van der Waals surface area (Å²) >= 11 is 5.76. The van der Waals surface area contributed by atoms with E-state index in [0.29, 0.717) is 5.15 Å². The smallest absolute Gasteiger partial charge is 0.130 e. The van der Waals surface area contributed by atoms with E-state index in [1.807, 2.05) is 39.1 Å². The molecule has 2 aromatic rings. The van der Waals surface area contributed by atoms with Crippen LogP contribution in [0.4, 0.5) is 0 Å². The molecule has 0 fully saturated rings. The van der Waals surface area contributed by atoms with Crippen LogP contribution in [0.5, 0.6) is 0 Å². The summed E-state index contributed by atoms with van der Waals surface area (Å²) in [4.78, 5) is 7.22. The summed E-state index contributed by atoms with van der Waals surface area (Å²) in [5.74, 6) is 0. The lowest BCUT2D eigenvalue weighted by Crippen LogP contribution is -1.80. The molecule has 0 radical (unpaired) electrons. The van der Waals surface area contributed by atoms with Crippen molar-refractivity contribution in [1.29, 1.82) is 0 Å². The number of fused-ring (bicyclic) bond motifs is 1. The van der Waals surface area contributed by atoms with E-state index in [-0.39, 0.29) is 0 Å². The summed E-state index contributed by atoms with van der Waals surface area (Å²) in [7, 11) is 0. The molecule has 0 saturated heterocycles. The standard InChI is InChI=1S/C8H7ClN2.C2H6/c1-5-4-7(9)11-6-2-3-10-8(5)6;1-2/h2-4,10H,1H3;1-2H3. The van der Waals surface area contributed by atoms with Crippen molar-refractivity contribution in [1.82, 2.24) is 9.97 Å². The lowest BCUT2D eigenvalue weighted by molar-refractivity contribution is 1.35. The predicted octanol–water partition coefficient (Wildman–Crippen LogP) is 3.55. The van der Waals surface area contributed by atoms with E-state index in [0.717, 1.165) is 16.6 Å². The first kappa shape index (κ1) is 10.1. The Morgan fingerprint density at radius 1 is 1.38 bits per heavy atom. The summed E-state index contributed by atoms with van der Waals surface area (Å²) in [5.41, 5.74) is 3.12. The zero-order valence-electron chi connectivity index (χ0n) is 8.06. The molecule has 1 N–H and O–H groups in total. The minimum Gasteiger partial charge on any atom is -0.360 e. The Bertz CT molecular complexity index is 393. The molecular formula is C10H13ClN2. The lowest BCUT2D eigenvalue weighted by Gasteiger charge is -1.95. The van der Waals surface area contributed by atoms with Gasteiger partial charge in [-0.15, -0.1) is 0 Å². The Morgan fingerprint density at radius 3 is 2.77 bits per heavy atom. The van der Waals surface area contributed by atoms with Gasteiger partial charge in [0.15, 0.2) is 0 Å². The number of hydrogen-bond acceptors (Lipinski definition) is 1. The van der Waals surface area contributed by atoms with Crippen molar-refractivity contribution in [3.8, 4) is 0 Å². The average molecular weight is 197 g/mol. The maximum absolute atomic E-state index is 5.76. The number of hydrogen-bond donors (Lipinski definition) is 1. The molecule has 3 heteroatoms. The number of aromatic nitrogens is 2. The van der Waals surface area contributed by atoms with E-state index >= 15 is 0 Å². The van der Waals surface area contributed by atoms with E-state index in [9.17, 15) is 0 Å². The Hall–Kier alpha value is -1.02. The molecule has 0 aliphatic carbocycles. The van der Waals surface area contributed by atoms with Gasteiger partial charge in [0.25, 0.3) is 0 Å². The Morgan fingerprint density at radius 2 is 2.08 bits per heavy atom. The molecule has 2 heterocycles. The first-order chi connectivity index (χ1) is 6.27. The highest BCUT2D eigenvalue weighted by atomic mass is 35.5. The molecule has 13 heavy (non-hydrogen) atoms. The molecule has 0 saturated carbocycles. The van der Waals surface area contributed by atoms with Crippen molar-refractivity contribution in [2.45, 2.75) is 20.8 Å². The molecule has 0 aliphatic heterocycles. The fourth-order valence-electron chi connectivity index (χ4n) is 1.17. The van der Waals surface area contributed by atoms with Crippen molar-refractivity contribution < 1.29 is 0 Å². The van der Waals surface area contributed by atoms with E-state index in [1.54, 1.807) is 0 Å². The predicted molar refractivity (Wildman–Crippen MR) is 57.2 cm³/mol. The quantitative estimate of drug-likeness (QED) is 0.642. The minimum atomic E-state index is 0.551. The molecule has 70 valence electrons. The maximum Gasteiger partial charge on any atom is 0.130 e. The second-order valence-corrected chi connectivity index (χ2v) is 2.89. The molecule has 0 aromatic carbocycles. The molecule has 2 aromatic heterocycles. The normalized spacial score (nSPS) is 9.54. The molecule has 0 bridgehead atoms. The number of rotatable bonds is 0. The number of halogens is 1. The molecule has 0 unspecified atom stereocenters. The lowest BCUT2D eigenvalue weighted by atomic mass is 10.2. The van der Waals surface area contributed by atoms with Gasteiger partial charge in [0.05, 0.1) is 11.0 Å². The summed E-state index contributed by atoms with van der Waals surface area (Å²) in [6.45, 7) is 6.01. The van der Waals surface area contributed by atoms with Gasteiger partial charge in [-0.05, 0) is 24.6 Å². The molecule has 0 amide bonds. The first-order valence-corrected chi connectivity index (χ1v) is 4.75. The fourth-order valence-corrected chi connectivity index (χ4v) is 1.42. The van der Waals surface area contributed by atoms with E-state index < -0.39 is 0 Å². The van der Waals surface area contributed by atoms with Gasteiger partial charge in [-0.25, -0.2) is 4.98 Å². The van der Waals surface area contributed by atoms with Gasteiger partial charge in [-0.2, -0.15) is 0 Å². The summed E-state index contributed by atoms with van der Waals surface area (Å²) in [6.07, 6.45) is 1.86. The minimum absolute atomic E-state index is 0.551. The van der Waals surface area contributed by atoms with E-state index in [1.165, 1.54) is 0 Å². The van der Waals surface area contributed by atoms with Crippen LogP contribution in [0.2, 0.25) is 5.15 Å². The van der Waals surface area contributed by atoms with Crippen molar-refractivity contribution in [3.63, 3.8) is 0 Å². The van der Waals surface area contributed by atoms with Crippen molar-refractivity contribution in [2.75, 3.05) is 0 Å².